The predicted octanol–water partition coefficient (Wildman–Crippen LogP) is 2.98. The molecule has 0 radical (unpaired) electrons. The molecule has 1 aliphatic carbocycles. The fourth-order valence-electron chi connectivity index (χ4n) is 5.07. The molecule has 4 heterocycles. The van der Waals surface area contributed by atoms with Gasteiger partial charge in [-0.3, -0.25) is 9.88 Å². The third-order valence-electron chi connectivity index (χ3n) is 6.88. The van der Waals surface area contributed by atoms with Crippen LogP contribution in [0.15, 0.2) is 24.5 Å². The molecule has 144 valence electrons. The van der Waals surface area contributed by atoms with Gasteiger partial charge in [-0.25, -0.2) is 4.98 Å². The Morgan fingerprint density at radius 3 is 2.74 bits per heavy atom. The molecule has 5 heteroatoms. The first kappa shape index (κ1) is 17.4. The molecule has 1 saturated heterocycles. The summed E-state index contributed by atoms with van der Waals surface area (Å²) in [4.78, 5) is 14.6. The standard InChI is InChI=1S/C22H31N5/c1-17-24-21-20(27(17)14-18-5-6-18)15-26(13-19-4-3-9-23-12-19)16-22(21)7-10-25(2)11-8-22/h3-4,9,12,18H,5-8,10-11,13-16H2,1-2H3. The lowest BCUT2D eigenvalue weighted by atomic mass is 9.72. The fraction of sp³-hybridized carbons (Fsp3) is 0.636. The third-order valence-corrected chi connectivity index (χ3v) is 6.88. The monoisotopic (exact) mass is 365 g/mol. The van der Waals surface area contributed by atoms with E-state index in [1.165, 1.54) is 68.1 Å². The van der Waals surface area contributed by atoms with Gasteiger partial charge < -0.3 is 9.47 Å². The number of aromatic nitrogens is 3. The maximum Gasteiger partial charge on any atom is 0.106 e. The van der Waals surface area contributed by atoms with Crippen molar-refractivity contribution in [2.45, 2.75) is 57.7 Å². The summed E-state index contributed by atoms with van der Waals surface area (Å²) < 4.78 is 2.56. The van der Waals surface area contributed by atoms with E-state index in [0.717, 1.165) is 25.6 Å². The van der Waals surface area contributed by atoms with E-state index in [1.807, 2.05) is 12.4 Å². The van der Waals surface area contributed by atoms with Gasteiger partial charge in [0.15, 0.2) is 0 Å². The van der Waals surface area contributed by atoms with Crippen LogP contribution >= 0.6 is 0 Å². The summed E-state index contributed by atoms with van der Waals surface area (Å²) >= 11 is 0. The van der Waals surface area contributed by atoms with Crippen LogP contribution < -0.4 is 0 Å². The maximum atomic E-state index is 5.18. The van der Waals surface area contributed by atoms with Crippen LogP contribution in [-0.4, -0.2) is 51.0 Å². The number of hydrogen-bond acceptors (Lipinski definition) is 4. The van der Waals surface area contributed by atoms with Crippen molar-refractivity contribution in [3.8, 4) is 0 Å². The van der Waals surface area contributed by atoms with Crippen LogP contribution in [0.3, 0.4) is 0 Å². The summed E-state index contributed by atoms with van der Waals surface area (Å²) in [6.07, 6.45) is 9.11. The quantitative estimate of drug-likeness (QED) is 0.835. The van der Waals surface area contributed by atoms with E-state index in [9.17, 15) is 0 Å². The first-order valence-electron chi connectivity index (χ1n) is 10.5. The van der Waals surface area contributed by atoms with Crippen molar-refractivity contribution in [1.29, 1.82) is 0 Å². The van der Waals surface area contributed by atoms with Crippen LogP contribution in [-0.2, 0) is 25.0 Å². The Kier molecular flexibility index (Phi) is 4.32. The molecule has 2 aromatic rings. The SMILES string of the molecule is Cc1nc2c(n1CC1CC1)CN(Cc1cccnc1)CC21CCN(C)CC1. The Labute approximate surface area is 162 Å². The second-order valence-electron chi connectivity index (χ2n) is 9.10. The number of fused-ring (bicyclic) bond motifs is 2. The zero-order chi connectivity index (χ0) is 18.4. The van der Waals surface area contributed by atoms with Crippen LogP contribution in [0.2, 0.25) is 0 Å². The van der Waals surface area contributed by atoms with Crippen molar-refractivity contribution in [2.24, 2.45) is 5.92 Å². The first-order chi connectivity index (χ1) is 13.1. The summed E-state index contributed by atoms with van der Waals surface area (Å²) in [5.41, 5.74) is 4.46. The smallest absolute Gasteiger partial charge is 0.106 e. The number of rotatable bonds is 4. The van der Waals surface area contributed by atoms with Crippen LogP contribution in [0.25, 0.3) is 0 Å². The van der Waals surface area contributed by atoms with Gasteiger partial charge in [-0.1, -0.05) is 6.07 Å². The Morgan fingerprint density at radius 2 is 2.04 bits per heavy atom. The summed E-state index contributed by atoms with van der Waals surface area (Å²) in [5, 5.41) is 0. The number of aryl methyl sites for hydroxylation is 1. The van der Waals surface area contributed by atoms with E-state index in [0.29, 0.717) is 0 Å². The highest BCUT2D eigenvalue weighted by Gasteiger charge is 2.45. The van der Waals surface area contributed by atoms with Gasteiger partial charge in [0.25, 0.3) is 0 Å². The first-order valence-corrected chi connectivity index (χ1v) is 10.5. The third kappa shape index (κ3) is 3.32. The number of likely N-dealkylation sites (tertiary alicyclic amines) is 1. The minimum Gasteiger partial charge on any atom is -0.331 e. The van der Waals surface area contributed by atoms with Crippen molar-refractivity contribution in [2.75, 3.05) is 26.7 Å². The second-order valence-corrected chi connectivity index (χ2v) is 9.10. The highest BCUT2D eigenvalue weighted by molar-refractivity contribution is 5.31. The van der Waals surface area contributed by atoms with E-state index in [2.05, 4.69) is 45.5 Å². The van der Waals surface area contributed by atoms with Gasteiger partial charge in [-0.2, -0.15) is 0 Å². The zero-order valence-corrected chi connectivity index (χ0v) is 16.7. The Bertz CT molecular complexity index is 800. The number of piperidine rings is 1. The summed E-state index contributed by atoms with van der Waals surface area (Å²) in [6.45, 7) is 8.87. The molecule has 5 nitrogen and oxygen atoms in total. The molecule has 2 aromatic heterocycles. The lowest BCUT2D eigenvalue weighted by molar-refractivity contribution is 0.0998. The zero-order valence-electron chi connectivity index (χ0n) is 16.7. The molecule has 2 aliphatic heterocycles. The number of hydrogen-bond donors (Lipinski definition) is 0. The van der Waals surface area contributed by atoms with Gasteiger partial charge in [-0.15, -0.1) is 0 Å². The van der Waals surface area contributed by atoms with Gasteiger partial charge in [0.05, 0.1) is 11.4 Å². The lowest BCUT2D eigenvalue weighted by Crippen LogP contribution is -2.51. The highest BCUT2D eigenvalue weighted by Crippen LogP contribution is 2.43. The molecule has 0 aromatic carbocycles. The molecule has 5 rings (SSSR count). The number of pyridine rings is 1. The Hall–Kier alpha value is -1.72. The molecule has 2 fully saturated rings. The number of nitrogens with zero attached hydrogens (tertiary/aromatic N) is 5. The van der Waals surface area contributed by atoms with Crippen LogP contribution in [0.5, 0.6) is 0 Å². The lowest BCUT2D eigenvalue weighted by Gasteiger charge is -2.46. The average Bonchev–Trinajstić information content (AvgIpc) is 3.44. The van der Waals surface area contributed by atoms with Crippen molar-refractivity contribution < 1.29 is 0 Å². The fourth-order valence-corrected chi connectivity index (χ4v) is 5.07. The minimum atomic E-state index is 0.224. The largest absolute Gasteiger partial charge is 0.331 e. The molecule has 1 saturated carbocycles. The molecule has 0 atom stereocenters. The second kappa shape index (κ2) is 6.71. The minimum absolute atomic E-state index is 0.224. The topological polar surface area (TPSA) is 37.2 Å². The molecule has 1 spiro atoms. The molecule has 0 unspecified atom stereocenters. The van der Waals surface area contributed by atoms with E-state index in [4.69, 9.17) is 4.98 Å². The number of imidazole rings is 1. The molecule has 0 amide bonds. The predicted molar refractivity (Wildman–Crippen MR) is 106 cm³/mol. The van der Waals surface area contributed by atoms with E-state index in [-0.39, 0.29) is 5.41 Å². The molecular weight excluding hydrogens is 334 g/mol. The molecule has 3 aliphatic rings. The van der Waals surface area contributed by atoms with E-state index >= 15 is 0 Å². The normalized spacial score (nSPS) is 22.9. The van der Waals surface area contributed by atoms with Gasteiger partial charge in [0, 0.05) is 44.0 Å². The molecule has 0 bridgehead atoms. The van der Waals surface area contributed by atoms with Crippen LogP contribution in [0, 0.1) is 12.8 Å². The highest BCUT2D eigenvalue weighted by atomic mass is 15.2. The van der Waals surface area contributed by atoms with Gasteiger partial charge in [0.1, 0.15) is 5.82 Å². The summed E-state index contributed by atoms with van der Waals surface area (Å²) in [5.74, 6) is 2.11. The maximum absolute atomic E-state index is 5.18. The van der Waals surface area contributed by atoms with Crippen molar-refractivity contribution in [3.05, 3.63) is 47.3 Å². The molecule has 27 heavy (non-hydrogen) atoms. The van der Waals surface area contributed by atoms with Crippen molar-refractivity contribution >= 4 is 0 Å². The van der Waals surface area contributed by atoms with E-state index < -0.39 is 0 Å². The van der Waals surface area contributed by atoms with Crippen molar-refractivity contribution in [3.63, 3.8) is 0 Å². The van der Waals surface area contributed by atoms with Crippen LogP contribution in [0.1, 0.15) is 48.5 Å². The van der Waals surface area contributed by atoms with Crippen molar-refractivity contribution in [1.82, 2.24) is 24.3 Å². The Morgan fingerprint density at radius 1 is 1.22 bits per heavy atom. The average molecular weight is 366 g/mol. The van der Waals surface area contributed by atoms with Gasteiger partial charge in [0.2, 0.25) is 0 Å². The van der Waals surface area contributed by atoms with Gasteiger partial charge >= 0.3 is 0 Å². The van der Waals surface area contributed by atoms with Gasteiger partial charge in [-0.05, 0) is 70.3 Å². The summed E-state index contributed by atoms with van der Waals surface area (Å²) in [6, 6.07) is 4.26. The molecule has 0 N–H and O–H groups in total. The van der Waals surface area contributed by atoms with Crippen LogP contribution in [0.4, 0.5) is 0 Å². The summed E-state index contributed by atoms with van der Waals surface area (Å²) in [7, 11) is 2.25. The Balaban J connectivity index is 1.50. The van der Waals surface area contributed by atoms with E-state index in [1.54, 1.807) is 0 Å². The molecular formula is C22H31N5.